The molecule has 1 aromatic heterocycles. The van der Waals surface area contributed by atoms with Crippen LogP contribution in [0, 0.1) is 12.7 Å². The average molecular weight is 349 g/mol. The predicted octanol–water partition coefficient (Wildman–Crippen LogP) is 4.44. The SMILES string of the molecule is Cc1ccccc1NC(=O)c1cc(NCCc2ccc(F)cc2)ccn1. The number of halogens is 1. The van der Waals surface area contributed by atoms with E-state index < -0.39 is 0 Å². The van der Waals surface area contributed by atoms with Crippen LogP contribution in [0.3, 0.4) is 0 Å². The molecule has 0 bridgehead atoms. The molecular weight excluding hydrogens is 329 g/mol. The molecule has 0 saturated carbocycles. The zero-order chi connectivity index (χ0) is 18.4. The third kappa shape index (κ3) is 4.66. The normalized spacial score (nSPS) is 10.4. The van der Waals surface area contributed by atoms with Crippen molar-refractivity contribution in [3.8, 4) is 0 Å². The van der Waals surface area contributed by atoms with Gasteiger partial charge in [-0.15, -0.1) is 0 Å². The lowest BCUT2D eigenvalue weighted by atomic mass is 10.1. The van der Waals surface area contributed by atoms with Crippen LogP contribution in [0.4, 0.5) is 15.8 Å². The lowest BCUT2D eigenvalue weighted by Gasteiger charge is -2.10. The Morgan fingerprint density at radius 2 is 1.85 bits per heavy atom. The first-order valence-corrected chi connectivity index (χ1v) is 8.43. The van der Waals surface area contributed by atoms with Crippen molar-refractivity contribution < 1.29 is 9.18 Å². The molecule has 0 radical (unpaired) electrons. The van der Waals surface area contributed by atoms with E-state index in [0.29, 0.717) is 12.2 Å². The number of hydrogen-bond acceptors (Lipinski definition) is 3. The molecule has 1 amide bonds. The lowest BCUT2D eigenvalue weighted by Crippen LogP contribution is -2.15. The minimum Gasteiger partial charge on any atom is -0.385 e. The third-order valence-electron chi connectivity index (χ3n) is 4.04. The van der Waals surface area contributed by atoms with Gasteiger partial charge in [0, 0.05) is 24.1 Å². The summed E-state index contributed by atoms with van der Waals surface area (Å²) in [5, 5.41) is 6.14. The third-order valence-corrected chi connectivity index (χ3v) is 4.04. The number of aromatic nitrogens is 1. The second-order valence-electron chi connectivity index (χ2n) is 6.00. The van der Waals surface area contributed by atoms with E-state index in [0.717, 1.165) is 28.9 Å². The van der Waals surface area contributed by atoms with Crippen molar-refractivity contribution in [1.29, 1.82) is 0 Å². The molecule has 2 aromatic carbocycles. The van der Waals surface area contributed by atoms with E-state index in [1.165, 1.54) is 12.1 Å². The summed E-state index contributed by atoms with van der Waals surface area (Å²) in [7, 11) is 0. The van der Waals surface area contributed by atoms with Crippen LogP contribution in [-0.2, 0) is 6.42 Å². The molecule has 0 aliphatic carbocycles. The molecule has 0 aliphatic heterocycles. The van der Waals surface area contributed by atoms with Crippen molar-refractivity contribution >= 4 is 17.3 Å². The minimum atomic E-state index is -0.249. The fourth-order valence-corrected chi connectivity index (χ4v) is 2.57. The fraction of sp³-hybridized carbons (Fsp3) is 0.143. The number of aryl methyl sites for hydroxylation is 1. The number of pyridine rings is 1. The molecule has 0 aliphatic rings. The Bertz CT molecular complexity index is 894. The van der Waals surface area contributed by atoms with Crippen LogP contribution in [0.1, 0.15) is 21.6 Å². The Morgan fingerprint density at radius 3 is 2.62 bits per heavy atom. The van der Waals surface area contributed by atoms with Crippen molar-refractivity contribution in [3.05, 3.63) is 89.5 Å². The first-order chi connectivity index (χ1) is 12.6. The van der Waals surface area contributed by atoms with Crippen LogP contribution in [0.5, 0.6) is 0 Å². The summed E-state index contributed by atoms with van der Waals surface area (Å²) in [6, 6.07) is 17.6. The van der Waals surface area contributed by atoms with Gasteiger partial charge in [0.2, 0.25) is 0 Å². The Balaban J connectivity index is 1.59. The van der Waals surface area contributed by atoms with E-state index in [4.69, 9.17) is 0 Å². The quantitative estimate of drug-likeness (QED) is 0.692. The topological polar surface area (TPSA) is 54.0 Å². The highest BCUT2D eigenvalue weighted by Gasteiger charge is 2.09. The number of carbonyl (C=O) groups is 1. The molecule has 0 atom stereocenters. The van der Waals surface area contributed by atoms with Gasteiger partial charge in [0.15, 0.2) is 0 Å². The maximum absolute atomic E-state index is 12.9. The zero-order valence-corrected chi connectivity index (χ0v) is 14.5. The number of rotatable bonds is 6. The minimum absolute atomic E-state index is 0.236. The van der Waals surface area contributed by atoms with Crippen molar-refractivity contribution in [1.82, 2.24) is 4.98 Å². The first kappa shape index (κ1) is 17.6. The molecular formula is C21H20FN3O. The van der Waals surface area contributed by atoms with Gasteiger partial charge in [-0.3, -0.25) is 9.78 Å². The number of anilines is 2. The highest BCUT2D eigenvalue weighted by atomic mass is 19.1. The highest BCUT2D eigenvalue weighted by Crippen LogP contribution is 2.15. The summed E-state index contributed by atoms with van der Waals surface area (Å²) >= 11 is 0. The Labute approximate surface area is 152 Å². The molecule has 0 fully saturated rings. The number of hydrogen-bond donors (Lipinski definition) is 2. The lowest BCUT2D eigenvalue weighted by molar-refractivity contribution is 0.102. The summed E-state index contributed by atoms with van der Waals surface area (Å²) in [4.78, 5) is 16.6. The molecule has 1 heterocycles. The van der Waals surface area contributed by atoms with Gasteiger partial charge in [0.1, 0.15) is 11.5 Å². The summed E-state index contributed by atoms with van der Waals surface area (Å²) < 4.78 is 12.9. The van der Waals surface area contributed by atoms with E-state index >= 15 is 0 Å². The van der Waals surface area contributed by atoms with Gasteiger partial charge in [-0.05, 0) is 54.8 Å². The van der Waals surface area contributed by atoms with Crippen molar-refractivity contribution in [2.75, 3.05) is 17.2 Å². The Hall–Kier alpha value is -3.21. The summed E-state index contributed by atoms with van der Waals surface area (Å²) in [5.74, 6) is -0.485. The van der Waals surface area contributed by atoms with Crippen molar-refractivity contribution in [3.63, 3.8) is 0 Å². The predicted molar refractivity (Wildman–Crippen MR) is 102 cm³/mol. The van der Waals surface area contributed by atoms with Gasteiger partial charge in [-0.25, -0.2) is 4.39 Å². The maximum Gasteiger partial charge on any atom is 0.274 e. The van der Waals surface area contributed by atoms with Gasteiger partial charge in [0.05, 0.1) is 0 Å². The van der Waals surface area contributed by atoms with Gasteiger partial charge in [0.25, 0.3) is 5.91 Å². The monoisotopic (exact) mass is 349 g/mol. The molecule has 2 N–H and O–H groups in total. The van der Waals surface area contributed by atoms with Crippen LogP contribution < -0.4 is 10.6 Å². The molecule has 26 heavy (non-hydrogen) atoms. The molecule has 3 rings (SSSR count). The molecule has 5 heteroatoms. The summed E-state index contributed by atoms with van der Waals surface area (Å²) in [6.45, 7) is 2.62. The summed E-state index contributed by atoms with van der Waals surface area (Å²) in [5.41, 5.74) is 3.98. The first-order valence-electron chi connectivity index (χ1n) is 8.43. The summed E-state index contributed by atoms with van der Waals surface area (Å²) in [6.07, 6.45) is 2.36. The average Bonchev–Trinajstić information content (AvgIpc) is 2.65. The van der Waals surface area contributed by atoms with Crippen LogP contribution in [0.15, 0.2) is 66.9 Å². The molecule has 0 unspecified atom stereocenters. The number of nitrogens with zero attached hydrogens (tertiary/aromatic N) is 1. The Morgan fingerprint density at radius 1 is 1.08 bits per heavy atom. The number of carbonyl (C=O) groups excluding carboxylic acids is 1. The van der Waals surface area contributed by atoms with E-state index in [2.05, 4.69) is 15.6 Å². The van der Waals surface area contributed by atoms with Crippen LogP contribution in [0.25, 0.3) is 0 Å². The van der Waals surface area contributed by atoms with Crippen molar-refractivity contribution in [2.24, 2.45) is 0 Å². The zero-order valence-electron chi connectivity index (χ0n) is 14.5. The number of amides is 1. The second kappa shape index (κ2) is 8.25. The highest BCUT2D eigenvalue weighted by molar-refractivity contribution is 6.03. The van der Waals surface area contributed by atoms with Crippen LogP contribution in [0.2, 0.25) is 0 Å². The maximum atomic E-state index is 12.9. The number of para-hydroxylation sites is 1. The fourth-order valence-electron chi connectivity index (χ4n) is 2.57. The molecule has 4 nitrogen and oxygen atoms in total. The van der Waals surface area contributed by atoms with Crippen LogP contribution in [-0.4, -0.2) is 17.4 Å². The van der Waals surface area contributed by atoms with Crippen molar-refractivity contribution in [2.45, 2.75) is 13.3 Å². The molecule has 0 saturated heterocycles. The number of benzene rings is 2. The van der Waals surface area contributed by atoms with E-state index in [1.54, 1.807) is 24.4 Å². The number of nitrogens with one attached hydrogen (secondary N) is 2. The van der Waals surface area contributed by atoms with Crippen LogP contribution >= 0.6 is 0 Å². The van der Waals surface area contributed by atoms with E-state index in [-0.39, 0.29) is 11.7 Å². The second-order valence-corrected chi connectivity index (χ2v) is 6.00. The molecule has 3 aromatic rings. The van der Waals surface area contributed by atoms with Gasteiger partial charge in [-0.2, -0.15) is 0 Å². The van der Waals surface area contributed by atoms with Gasteiger partial charge in [-0.1, -0.05) is 30.3 Å². The standard InChI is InChI=1S/C21H20FN3O/c1-15-4-2-3-5-19(15)25-21(26)20-14-18(11-13-24-20)23-12-10-16-6-8-17(22)9-7-16/h2-9,11,13-14H,10,12H2,1H3,(H,23,24)(H,25,26). The van der Waals surface area contributed by atoms with Gasteiger partial charge < -0.3 is 10.6 Å². The molecule has 132 valence electrons. The smallest absolute Gasteiger partial charge is 0.274 e. The van der Waals surface area contributed by atoms with E-state index in [1.807, 2.05) is 37.3 Å². The Kier molecular flexibility index (Phi) is 5.59. The van der Waals surface area contributed by atoms with E-state index in [9.17, 15) is 9.18 Å². The molecule has 0 spiro atoms. The van der Waals surface area contributed by atoms with Gasteiger partial charge >= 0.3 is 0 Å². The largest absolute Gasteiger partial charge is 0.385 e.